The molecule has 144 valence electrons. The number of hydrogen-bond donors (Lipinski definition) is 0. The number of aliphatic carboxylic acids is 1. The molecule has 1 aliphatic rings. The third-order valence-corrected chi connectivity index (χ3v) is 5.02. The first kappa shape index (κ1) is 25.7. The molecule has 5 heteroatoms. The smallest absolute Gasteiger partial charge is 0.550 e. The molecule has 2 atom stereocenters. The van der Waals surface area contributed by atoms with E-state index in [1.165, 1.54) is 32.1 Å². The molecule has 26 heavy (non-hydrogen) atoms. The summed E-state index contributed by atoms with van der Waals surface area (Å²) in [7, 11) is 0. The summed E-state index contributed by atoms with van der Waals surface area (Å²) in [5, 5.41) is 11.1. The van der Waals surface area contributed by atoms with Crippen LogP contribution in [0.4, 0.5) is 0 Å². The summed E-state index contributed by atoms with van der Waals surface area (Å²) in [6.45, 7) is 2.62. The Morgan fingerprint density at radius 3 is 2.12 bits per heavy atom. The van der Waals surface area contributed by atoms with Crippen molar-refractivity contribution in [3.05, 3.63) is 12.2 Å². The van der Waals surface area contributed by atoms with Gasteiger partial charge in [0.15, 0.2) is 0 Å². The van der Waals surface area contributed by atoms with Crippen LogP contribution in [0.3, 0.4) is 0 Å². The number of carboxylic acids is 1. The van der Waals surface area contributed by atoms with Crippen LogP contribution >= 0.6 is 0 Å². The first-order valence-electron chi connectivity index (χ1n) is 10.2. The maximum Gasteiger partial charge on any atom is 1.00 e. The third-order valence-electron chi connectivity index (χ3n) is 5.02. The minimum Gasteiger partial charge on any atom is -0.550 e. The van der Waals surface area contributed by atoms with Crippen molar-refractivity contribution < 1.29 is 49.0 Å². The number of carboxylic acid groups (broad SMARTS) is 1. The Morgan fingerprint density at radius 2 is 1.50 bits per heavy atom. The van der Waals surface area contributed by atoms with E-state index in [0.29, 0.717) is 19.4 Å². The molecular formula is C21H35NaO4. The van der Waals surface area contributed by atoms with Gasteiger partial charge in [0.2, 0.25) is 0 Å². The van der Waals surface area contributed by atoms with Gasteiger partial charge in [-0.3, -0.25) is 4.79 Å². The number of allylic oxidation sites excluding steroid dienone is 2. The summed E-state index contributed by atoms with van der Waals surface area (Å²) in [4.78, 5) is 23.2. The van der Waals surface area contributed by atoms with Crippen LogP contribution < -0.4 is 34.7 Å². The molecule has 0 aromatic rings. The van der Waals surface area contributed by atoms with E-state index in [1.807, 2.05) is 0 Å². The van der Waals surface area contributed by atoms with E-state index in [4.69, 9.17) is 4.74 Å². The molecule has 0 aromatic carbocycles. The Kier molecular flexibility index (Phi) is 16.6. The van der Waals surface area contributed by atoms with Gasteiger partial charge in [0.1, 0.15) is 0 Å². The van der Waals surface area contributed by atoms with Gasteiger partial charge in [-0.2, -0.15) is 0 Å². The van der Waals surface area contributed by atoms with E-state index in [1.54, 1.807) is 0 Å². The van der Waals surface area contributed by atoms with Crippen molar-refractivity contribution in [1.82, 2.24) is 0 Å². The third kappa shape index (κ3) is 11.4. The first-order valence-corrected chi connectivity index (χ1v) is 10.2. The quantitative estimate of drug-likeness (QED) is 0.210. The van der Waals surface area contributed by atoms with E-state index < -0.39 is 17.8 Å². The van der Waals surface area contributed by atoms with Crippen LogP contribution in [0.25, 0.3) is 0 Å². The SMILES string of the molecule is CCCCCCC/C=C/CCCCOC(=O)C1CCCCC1C(=O)[O-].[Na+]. The second-order valence-electron chi connectivity index (χ2n) is 7.15. The van der Waals surface area contributed by atoms with Crippen molar-refractivity contribution in [2.45, 2.75) is 90.4 Å². The number of carbonyl (C=O) groups is 2. The topological polar surface area (TPSA) is 66.4 Å². The standard InChI is InChI=1S/C21H36O4.Na/c1-2-3-4-5-6-7-8-9-10-11-14-17-25-21(24)19-16-13-12-15-18(19)20(22)23;/h8-9,18-19H,2-7,10-17H2,1H3,(H,22,23);/q;+1/p-1/b9-8+;. The molecule has 0 radical (unpaired) electrons. The van der Waals surface area contributed by atoms with Gasteiger partial charge in [0.05, 0.1) is 12.5 Å². The number of rotatable bonds is 13. The maximum atomic E-state index is 12.1. The average molecular weight is 374 g/mol. The Morgan fingerprint density at radius 1 is 0.923 bits per heavy atom. The fourth-order valence-electron chi connectivity index (χ4n) is 3.44. The predicted octanol–water partition coefficient (Wildman–Crippen LogP) is 1.18. The van der Waals surface area contributed by atoms with E-state index in [2.05, 4.69) is 19.1 Å². The number of carbonyl (C=O) groups excluding carboxylic acids is 2. The largest absolute Gasteiger partial charge is 1.00 e. The Balaban J connectivity index is 0.00000625. The predicted molar refractivity (Wildman–Crippen MR) is 97.8 cm³/mol. The van der Waals surface area contributed by atoms with Crippen LogP contribution in [0.5, 0.6) is 0 Å². The van der Waals surface area contributed by atoms with Gasteiger partial charge < -0.3 is 14.6 Å². The van der Waals surface area contributed by atoms with Gasteiger partial charge >= 0.3 is 35.5 Å². The fraction of sp³-hybridized carbons (Fsp3) is 0.810. The maximum absolute atomic E-state index is 12.1. The summed E-state index contributed by atoms with van der Waals surface area (Å²) in [5.41, 5.74) is 0. The van der Waals surface area contributed by atoms with Crippen LogP contribution in [-0.4, -0.2) is 18.5 Å². The summed E-state index contributed by atoms with van der Waals surface area (Å²) in [6.07, 6.45) is 17.9. The van der Waals surface area contributed by atoms with Gasteiger partial charge in [0, 0.05) is 11.9 Å². The van der Waals surface area contributed by atoms with Gasteiger partial charge in [-0.05, 0) is 44.9 Å². The number of hydrogen-bond acceptors (Lipinski definition) is 4. The second-order valence-corrected chi connectivity index (χ2v) is 7.15. The average Bonchev–Trinajstić information content (AvgIpc) is 2.62. The summed E-state index contributed by atoms with van der Waals surface area (Å²) < 4.78 is 5.29. The molecular weight excluding hydrogens is 339 g/mol. The van der Waals surface area contributed by atoms with Crippen molar-refractivity contribution in [3.8, 4) is 0 Å². The molecule has 4 nitrogen and oxygen atoms in total. The van der Waals surface area contributed by atoms with Crippen molar-refractivity contribution in [2.24, 2.45) is 11.8 Å². The molecule has 1 rings (SSSR count). The molecule has 1 saturated carbocycles. The molecule has 0 aromatic heterocycles. The Hall–Kier alpha value is -0.320. The van der Waals surface area contributed by atoms with E-state index >= 15 is 0 Å². The van der Waals surface area contributed by atoms with Crippen LogP contribution in [0.15, 0.2) is 12.2 Å². The number of esters is 1. The van der Waals surface area contributed by atoms with E-state index in [-0.39, 0.29) is 35.5 Å². The van der Waals surface area contributed by atoms with Crippen LogP contribution in [0, 0.1) is 11.8 Å². The summed E-state index contributed by atoms with van der Waals surface area (Å²) >= 11 is 0. The minimum atomic E-state index is -1.11. The van der Waals surface area contributed by atoms with Crippen molar-refractivity contribution in [2.75, 3.05) is 6.61 Å². The molecule has 0 heterocycles. The van der Waals surface area contributed by atoms with Gasteiger partial charge in [-0.25, -0.2) is 0 Å². The molecule has 1 aliphatic carbocycles. The molecule has 2 unspecified atom stereocenters. The molecule has 0 N–H and O–H groups in total. The van der Waals surface area contributed by atoms with Crippen molar-refractivity contribution in [1.29, 1.82) is 0 Å². The normalized spacial score (nSPS) is 19.9. The molecule has 0 aliphatic heterocycles. The fourth-order valence-corrected chi connectivity index (χ4v) is 3.44. The van der Waals surface area contributed by atoms with Crippen molar-refractivity contribution >= 4 is 11.9 Å². The molecule has 1 fully saturated rings. The zero-order chi connectivity index (χ0) is 18.3. The number of ether oxygens (including phenoxy) is 1. The Bertz CT molecular complexity index is 409. The van der Waals surface area contributed by atoms with Gasteiger partial charge in [-0.1, -0.05) is 57.6 Å². The van der Waals surface area contributed by atoms with Gasteiger partial charge in [0.25, 0.3) is 0 Å². The van der Waals surface area contributed by atoms with Crippen LogP contribution in [-0.2, 0) is 14.3 Å². The van der Waals surface area contributed by atoms with Gasteiger partial charge in [-0.15, -0.1) is 0 Å². The zero-order valence-corrected chi connectivity index (χ0v) is 18.8. The Labute approximate surface area is 181 Å². The van der Waals surface area contributed by atoms with Crippen molar-refractivity contribution in [3.63, 3.8) is 0 Å². The second kappa shape index (κ2) is 16.8. The zero-order valence-electron chi connectivity index (χ0n) is 16.8. The molecule has 0 saturated heterocycles. The summed E-state index contributed by atoms with van der Waals surface area (Å²) in [6, 6.07) is 0. The molecule has 0 bridgehead atoms. The summed E-state index contributed by atoms with van der Waals surface area (Å²) in [5.74, 6) is -2.63. The first-order chi connectivity index (χ1) is 12.2. The number of unbranched alkanes of at least 4 members (excludes halogenated alkanes) is 7. The van der Waals surface area contributed by atoms with Crippen LogP contribution in [0.1, 0.15) is 90.4 Å². The molecule has 0 amide bonds. The van der Waals surface area contributed by atoms with Crippen LogP contribution in [0.2, 0.25) is 0 Å². The minimum absolute atomic E-state index is 0. The van der Waals surface area contributed by atoms with E-state index in [0.717, 1.165) is 38.5 Å². The van der Waals surface area contributed by atoms with E-state index in [9.17, 15) is 14.7 Å². The monoisotopic (exact) mass is 374 g/mol. The molecule has 0 spiro atoms.